The van der Waals surface area contributed by atoms with Crippen LogP contribution in [0.25, 0.3) is 6.08 Å². The SMILES string of the molecule is N#CC(=Cc1cccc([N+](=O)[O-])c1)C(=O)Nc1ccc([N+](=O)[O-])cc1Cl. The largest absolute Gasteiger partial charge is 0.320 e. The number of halogens is 1. The van der Waals surface area contributed by atoms with Crippen LogP contribution in [0.4, 0.5) is 17.1 Å². The second kappa shape index (κ2) is 7.87. The van der Waals surface area contributed by atoms with Gasteiger partial charge in [0.15, 0.2) is 0 Å². The quantitative estimate of drug-likeness (QED) is 0.367. The van der Waals surface area contributed by atoms with E-state index in [9.17, 15) is 25.0 Å². The van der Waals surface area contributed by atoms with Gasteiger partial charge in [-0.15, -0.1) is 0 Å². The van der Waals surface area contributed by atoms with Gasteiger partial charge in [0.25, 0.3) is 17.3 Å². The predicted molar refractivity (Wildman–Crippen MR) is 93.4 cm³/mol. The smallest absolute Gasteiger partial charge is 0.271 e. The Hall–Kier alpha value is -3.77. The van der Waals surface area contributed by atoms with E-state index in [1.54, 1.807) is 6.07 Å². The van der Waals surface area contributed by atoms with E-state index in [4.69, 9.17) is 16.9 Å². The van der Waals surface area contributed by atoms with Crippen LogP contribution in [0.5, 0.6) is 0 Å². The molecule has 0 aliphatic carbocycles. The fourth-order valence-corrected chi connectivity index (χ4v) is 2.17. The lowest BCUT2D eigenvalue weighted by Gasteiger charge is -2.06. The number of rotatable bonds is 5. The van der Waals surface area contributed by atoms with Crippen molar-refractivity contribution in [2.45, 2.75) is 0 Å². The molecule has 10 heteroatoms. The Morgan fingerprint density at radius 2 is 1.77 bits per heavy atom. The Morgan fingerprint density at radius 3 is 2.35 bits per heavy atom. The molecule has 0 heterocycles. The number of nitrogens with one attached hydrogen (secondary N) is 1. The molecule has 1 amide bonds. The molecular weight excluding hydrogens is 364 g/mol. The number of hydrogen-bond acceptors (Lipinski definition) is 6. The van der Waals surface area contributed by atoms with Crippen LogP contribution < -0.4 is 5.32 Å². The second-order valence-electron chi connectivity index (χ2n) is 4.90. The first kappa shape index (κ1) is 18.6. The minimum absolute atomic E-state index is 0.0693. The molecule has 0 unspecified atom stereocenters. The lowest BCUT2D eigenvalue weighted by molar-refractivity contribution is -0.385. The predicted octanol–water partition coefficient (Wildman–Crippen LogP) is 3.70. The highest BCUT2D eigenvalue weighted by Gasteiger charge is 2.15. The number of nitrogens with zero attached hydrogens (tertiary/aromatic N) is 3. The molecule has 0 saturated heterocycles. The maximum Gasteiger partial charge on any atom is 0.271 e. The third-order valence-corrected chi connectivity index (χ3v) is 3.48. The van der Waals surface area contributed by atoms with Crippen molar-refractivity contribution in [1.82, 2.24) is 0 Å². The first-order valence-corrected chi connectivity index (χ1v) is 7.31. The highest BCUT2D eigenvalue weighted by molar-refractivity contribution is 6.34. The summed E-state index contributed by atoms with van der Waals surface area (Å²) in [6.07, 6.45) is 1.18. The summed E-state index contributed by atoms with van der Waals surface area (Å²) in [5.41, 5.74) is -0.376. The summed E-state index contributed by atoms with van der Waals surface area (Å²) in [4.78, 5) is 32.4. The molecule has 0 aliphatic rings. The molecule has 130 valence electrons. The molecule has 0 saturated carbocycles. The standard InChI is InChI=1S/C16H9ClN4O5/c17-14-8-13(21(25)26)4-5-15(14)19-16(22)11(9-18)6-10-2-1-3-12(7-10)20(23)24/h1-8H,(H,19,22). The van der Waals surface area contributed by atoms with Gasteiger partial charge < -0.3 is 5.32 Å². The molecule has 0 fully saturated rings. The molecule has 26 heavy (non-hydrogen) atoms. The average Bonchev–Trinajstić information content (AvgIpc) is 2.61. The first-order chi connectivity index (χ1) is 12.3. The highest BCUT2D eigenvalue weighted by atomic mass is 35.5. The van der Waals surface area contributed by atoms with Crippen LogP contribution in [-0.4, -0.2) is 15.8 Å². The van der Waals surface area contributed by atoms with Gasteiger partial charge in [0.2, 0.25) is 0 Å². The number of carbonyl (C=O) groups is 1. The number of amides is 1. The van der Waals surface area contributed by atoms with E-state index in [0.717, 1.165) is 12.1 Å². The van der Waals surface area contributed by atoms with E-state index in [1.807, 2.05) is 0 Å². The van der Waals surface area contributed by atoms with Gasteiger partial charge in [0, 0.05) is 24.3 Å². The zero-order valence-electron chi connectivity index (χ0n) is 12.9. The summed E-state index contributed by atoms with van der Waals surface area (Å²) >= 11 is 5.88. The van der Waals surface area contributed by atoms with E-state index in [2.05, 4.69) is 5.32 Å². The van der Waals surface area contributed by atoms with E-state index in [0.29, 0.717) is 5.56 Å². The number of hydrogen-bond donors (Lipinski definition) is 1. The van der Waals surface area contributed by atoms with E-state index >= 15 is 0 Å². The summed E-state index contributed by atoms with van der Waals surface area (Å²) in [5, 5.41) is 32.9. The fraction of sp³-hybridized carbons (Fsp3) is 0. The van der Waals surface area contributed by atoms with Crippen LogP contribution in [0.2, 0.25) is 5.02 Å². The molecule has 0 atom stereocenters. The fourth-order valence-electron chi connectivity index (χ4n) is 1.95. The normalized spacial score (nSPS) is 10.7. The van der Waals surface area contributed by atoms with Crippen LogP contribution in [0.15, 0.2) is 48.0 Å². The van der Waals surface area contributed by atoms with Gasteiger partial charge >= 0.3 is 0 Å². The molecule has 1 N–H and O–H groups in total. The number of anilines is 1. The maximum atomic E-state index is 12.2. The van der Waals surface area contributed by atoms with Crippen LogP contribution in [0.3, 0.4) is 0 Å². The van der Waals surface area contributed by atoms with Gasteiger partial charge in [0.05, 0.1) is 20.6 Å². The minimum Gasteiger partial charge on any atom is -0.320 e. The van der Waals surface area contributed by atoms with E-state index in [-0.39, 0.29) is 27.7 Å². The molecule has 0 spiro atoms. The molecule has 2 aromatic rings. The Bertz CT molecular complexity index is 981. The number of benzene rings is 2. The summed E-state index contributed by atoms with van der Waals surface area (Å²) in [5.74, 6) is -0.810. The summed E-state index contributed by atoms with van der Waals surface area (Å²) in [6, 6.07) is 10.6. The zero-order valence-corrected chi connectivity index (χ0v) is 13.6. The third kappa shape index (κ3) is 4.40. The van der Waals surface area contributed by atoms with Crippen molar-refractivity contribution in [3.8, 4) is 6.07 Å². The number of nitriles is 1. The Morgan fingerprint density at radius 1 is 1.12 bits per heavy atom. The Balaban J connectivity index is 2.27. The Kier molecular flexibility index (Phi) is 5.62. The topological polar surface area (TPSA) is 139 Å². The zero-order chi connectivity index (χ0) is 19.3. The van der Waals surface area contributed by atoms with E-state index in [1.165, 1.54) is 36.4 Å². The maximum absolute atomic E-state index is 12.2. The number of non-ortho nitro benzene ring substituents is 2. The van der Waals surface area contributed by atoms with Crippen molar-refractivity contribution < 1.29 is 14.6 Å². The van der Waals surface area contributed by atoms with Crippen molar-refractivity contribution in [3.63, 3.8) is 0 Å². The summed E-state index contributed by atoms with van der Waals surface area (Å²) < 4.78 is 0. The lowest BCUT2D eigenvalue weighted by Crippen LogP contribution is -2.13. The minimum atomic E-state index is -0.810. The van der Waals surface area contributed by atoms with Crippen LogP contribution in [0.1, 0.15) is 5.56 Å². The molecule has 2 rings (SSSR count). The van der Waals surface area contributed by atoms with Crippen LogP contribution in [0, 0.1) is 31.6 Å². The van der Waals surface area contributed by atoms with Crippen molar-refractivity contribution in [3.05, 3.63) is 78.9 Å². The second-order valence-corrected chi connectivity index (χ2v) is 5.30. The van der Waals surface area contributed by atoms with Crippen LogP contribution in [-0.2, 0) is 4.79 Å². The van der Waals surface area contributed by atoms with Gasteiger partial charge in [-0.05, 0) is 17.7 Å². The molecule has 9 nitrogen and oxygen atoms in total. The van der Waals surface area contributed by atoms with Gasteiger partial charge in [0.1, 0.15) is 11.6 Å². The summed E-state index contributed by atoms with van der Waals surface area (Å²) in [7, 11) is 0. The lowest BCUT2D eigenvalue weighted by atomic mass is 10.1. The molecular formula is C16H9ClN4O5. The number of nitro benzene ring substituents is 2. The third-order valence-electron chi connectivity index (χ3n) is 3.17. The van der Waals surface area contributed by atoms with E-state index < -0.39 is 15.8 Å². The molecule has 0 aliphatic heterocycles. The van der Waals surface area contributed by atoms with Gasteiger partial charge in [-0.3, -0.25) is 25.0 Å². The van der Waals surface area contributed by atoms with Crippen molar-refractivity contribution >= 4 is 40.6 Å². The number of nitro groups is 2. The molecule has 2 aromatic carbocycles. The highest BCUT2D eigenvalue weighted by Crippen LogP contribution is 2.27. The molecule has 0 aromatic heterocycles. The summed E-state index contributed by atoms with van der Waals surface area (Å²) in [6.45, 7) is 0. The van der Waals surface area contributed by atoms with Gasteiger partial charge in [-0.25, -0.2) is 0 Å². The van der Waals surface area contributed by atoms with Gasteiger partial charge in [-0.1, -0.05) is 23.7 Å². The first-order valence-electron chi connectivity index (χ1n) is 6.93. The molecule has 0 radical (unpaired) electrons. The molecule has 0 bridgehead atoms. The monoisotopic (exact) mass is 372 g/mol. The Labute approximate surface area is 151 Å². The van der Waals surface area contributed by atoms with Crippen molar-refractivity contribution in [2.75, 3.05) is 5.32 Å². The number of carbonyl (C=O) groups excluding carboxylic acids is 1. The van der Waals surface area contributed by atoms with Gasteiger partial charge in [-0.2, -0.15) is 5.26 Å². The average molecular weight is 373 g/mol. The van der Waals surface area contributed by atoms with Crippen molar-refractivity contribution in [1.29, 1.82) is 5.26 Å². The van der Waals surface area contributed by atoms with Crippen molar-refractivity contribution in [2.24, 2.45) is 0 Å². The van der Waals surface area contributed by atoms with Crippen LogP contribution >= 0.6 is 11.6 Å².